The zero-order chi connectivity index (χ0) is 12.1. The molecule has 0 amide bonds. The molecule has 0 spiro atoms. The number of halogens is 1. The van der Waals surface area contributed by atoms with Crippen molar-refractivity contribution in [3.63, 3.8) is 0 Å². The van der Waals surface area contributed by atoms with Crippen molar-refractivity contribution in [3.8, 4) is 0 Å². The van der Waals surface area contributed by atoms with Crippen molar-refractivity contribution in [2.24, 2.45) is 5.92 Å². The molecule has 1 N–H and O–H groups in total. The van der Waals surface area contributed by atoms with Gasteiger partial charge in [0.25, 0.3) is 0 Å². The minimum atomic E-state index is -0.103. The van der Waals surface area contributed by atoms with Crippen LogP contribution in [0.4, 0.5) is 4.39 Å². The van der Waals surface area contributed by atoms with Crippen molar-refractivity contribution >= 4 is 0 Å². The largest absolute Gasteiger partial charge is 0.310 e. The van der Waals surface area contributed by atoms with Crippen LogP contribution < -0.4 is 5.32 Å². The lowest BCUT2D eigenvalue weighted by atomic mass is 10.0. The third kappa shape index (κ3) is 3.53. The third-order valence-electron chi connectivity index (χ3n) is 3.85. The Morgan fingerprint density at radius 3 is 2.71 bits per heavy atom. The smallest absolute Gasteiger partial charge is 0.127 e. The van der Waals surface area contributed by atoms with E-state index in [9.17, 15) is 4.39 Å². The Morgan fingerprint density at radius 1 is 1.29 bits per heavy atom. The first-order valence-electron chi connectivity index (χ1n) is 6.75. The highest BCUT2D eigenvalue weighted by Gasteiger charge is 2.15. The molecule has 1 aliphatic carbocycles. The van der Waals surface area contributed by atoms with Crippen molar-refractivity contribution in [1.29, 1.82) is 0 Å². The number of hydrogen-bond acceptors (Lipinski definition) is 1. The maximum absolute atomic E-state index is 13.5. The molecule has 1 aliphatic rings. The minimum Gasteiger partial charge on any atom is -0.310 e. The van der Waals surface area contributed by atoms with Crippen LogP contribution in [0.1, 0.15) is 50.6 Å². The molecule has 1 saturated carbocycles. The zero-order valence-corrected chi connectivity index (χ0v) is 10.6. The van der Waals surface area contributed by atoms with Crippen LogP contribution in [0.5, 0.6) is 0 Å². The summed E-state index contributed by atoms with van der Waals surface area (Å²) in [5.41, 5.74) is 0.777. The van der Waals surface area contributed by atoms with E-state index in [0.717, 1.165) is 18.0 Å². The van der Waals surface area contributed by atoms with Crippen LogP contribution in [0.25, 0.3) is 0 Å². The Morgan fingerprint density at radius 2 is 2.00 bits per heavy atom. The standard InChI is InChI=1S/C15H22FN/c1-12(14-8-4-5-9-15(14)16)17-11-10-13-6-2-3-7-13/h4-5,8-9,12-13,17H,2-3,6-7,10-11H2,1H3. The van der Waals surface area contributed by atoms with Gasteiger partial charge in [-0.2, -0.15) is 0 Å². The number of benzene rings is 1. The van der Waals surface area contributed by atoms with Crippen LogP contribution >= 0.6 is 0 Å². The maximum atomic E-state index is 13.5. The average Bonchev–Trinajstić information content (AvgIpc) is 2.82. The van der Waals surface area contributed by atoms with Crippen LogP contribution in [0, 0.1) is 11.7 Å². The molecule has 1 atom stereocenters. The molecular weight excluding hydrogens is 213 g/mol. The van der Waals surface area contributed by atoms with Crippen molar-refractivity contribution in [3.05, 3.63) is 35.6 Å². The van der Waals surface area contributed by atoms with E-state index in [1.54, 1.807) is 6.07 Å². The SMILES string of the molecule is CC(NCCC1CCCC1)c1ccccc1F. The molecule has 0 heterocycles. The van der Waals surface area contributed by atoms with Crippen LogP contribution in [-0.4, -0.2) is 6.54 Å². The first kappa shape index (κ1) is 12.6. The van der Waals surface area contributed by atoms with Gasteiger partial charge in [0.1, 0.15) is 5.82 Å². The summed E-state index contributed by atoms with van der Waals surface area (Å²) in [7, 11) is 0. The summed E-state index contributed by atoms with van der Waals surface area (Å²) in [4.78, 5) is 0. The normalized spacial score (nSPS) is 18.5. The van der Waals surface area contributed by atoms with E-state index in [1.165, 1.54) is 38.2 Å². The van der Waals surface area contributed by atoms with Gasteiger partial charge >= 0.3 is 0 Å². The van der Waals surface area contributed by atoms with Crippen molar-refractivity contribution < 1.29 is 4.39 Å². The summed E-state index contributed by atoms with van der Waals surface area (Å²) >= 11 is 0. The Bertz CT molecular complexity index is 345. The highest BCUT2D eigenvalue weighted by Crippen LogP contribution is 2.27. The number of nitrogens with one attached hydrogen (secondary N) is 1. The number of rotatable bonds is 5. The molecule has 94 valence electrons. The van der Waals surface area contributed by atoms with E-state index >= 15 is 0 Å². The second-order valence-corrected chi connectivity index (χ2v) is 5.14. The molecular formula is C15H22FN. The number of hydrogen-bond donors (Lipinski definition) is 1. The van der Waals surface area contributed by atoms with Crippen molar-refractivity contribution in [2.45, 2.75) is 45.1 Å². The lowest BCUT2D eigenvalue weighted by molar-refractivity contribution is 0.448. The molecule has 1 unspecified atom stereocenters. The lowest BCUT2D eigenvalue weighted by Crippen LogP contribution is -2.22. The van der Waals surface area contributed by atoms with Crippen LogP contribution in [0.3, 0.4) is 0 Å². The van der Waals surface area contributed by atoms with Gasteiger partial charge in [-0.1, -0.05) is 43.9 Å². The Labute approximate surface area is 103 Å². The Hall–Kier alpha value is -0.890. The second kappa shape index (κ2) is 6.15. The molecule has 0 aromatic heterocycles. The first-order valence-corrected chi connectivity index (χ1v) is 6.75. The Kier molecular flexibility index (Phi) is 4.55. The van der Waals surface area contributed by atoms with Gasteiger partial charge in [0.2, 0.25) is 0 Å². The summed E-state index contributed by atoms with van der Waals surface area (Å²) in [5, 5.41) is 3.43. The highest BCUT2D eigenvalue weighted by atomic mass is 19.1. The fourth-order valence-corrected chi connectivity index (χ4v) is 2.74. The van der Waals surface area contributed by atoms with E-state index in [4.69, 9.17) is 0 Å². The topological polar surface area (TPSA) is 12.0 Å². The lowest BCUT2D eigenvalue weighted by Gasteiger charge is -2.16. The maximum Gasteiger partial charge on any atom is 0.127 e. The Balaban J connectivity index is 1.77. The predicted molar refractivity (Wildman–Crippen MR) is 69.4 cm³/mol. The van der Waals surface area contributed by atoms with E-state index in [1.807, 2.05) is 19.1 Å². The van der Waals surface area contributed by atoms with Crippen molar-refractivity contribution in [1.82, 2.24) is 5.32 Å². The molecule has 0 aliphatic heterocycles. The molecule has 2 heteroatoms. The van der Waals surface area contributed by atoms with E-state index in [2.05, 4.69) is 5.32 Å². The van der Waals surface area contributed by atoms with Gasteiger partial charge < -0.3 is 5.32 Å². The first-order chi connectivity index (χ1) is 8.27. The summed E-state index contributed by atoms with van der Waals surface area (Å²) in [6, 6.07) is 7.14. The molecule has 1 aromatic carbocycles. The fourth-order valence-electron chi connectivity index (χ4n) is 2.74. The van der Waals surface area contributed by atoms with Gasteiger partial charge in [0.05, 0.1) is 0 Å². The molecule has 0 saturated heterocycles. The van der Waals surface area contributed by atoms with Gasteiger partial charge in [0, 0.05) is 11.6 Å². The molecule has 1 aromatic rings. The van der Waals surface area contributed by atoms with Gasteiger partial charge in [-0.05, 0) is 31.9 Å². The summed E-state index contributed by atoms with van der Waals surface area (Å²) in [5.74, 6) is 0.795. The minimum absolute atomic E-state index is 0.103. The monoisotopic (exact) mass is 235 g/mol. The van der Waals surface area contributed by atoms with E-state index in [0.29, 0.717) is 0 Å². The van der Waals surface area contributed by atoms with Gasteiger partial charge in [-0.3, -0.25) is 0 Å². The molecule has 2 rings (SSSR count). The predicted octanol–water partition coefficient (Wildman–Crippen LogP) is 4.06. The molecule has 17 heavy (non-hydrogen) atoms. The van der Waals surface area contributed by atoms with Gasteiger partial charge in [0.15, 0.2) is 0 Å². The van der Waals surface area contributed by atoms with Crippen LogP contribution in [0.15, 0.2) is 24.3 Å². The highest BCUT2D eigenvalue weighted by molar-refractivity contribution is 5.20. The van der Waals surface area contributed by atoms with E-state index in [-0.39, 0.29) is 11.9 Å². The second-order valence-electron chi connectivity index (χ2n) is 5.14. The van der Waals surface area contributed by atoms with E-state index < -0.39 is 0 Å². The quantitative estimate of drug-likeness (QED) is 0.811. The zero-order valence-electron chi connectivity index (χ0n) is 10.6. The molecule has 1 fully saturated rings. The fraction of sp³-hybridized carbons (Fsp3) is 0.600. The molecule has 0 bridgehead atoms. The third-order valence-corrected chi connectivity index (χ3v) is 3.85. The van der Waals surface area contributed by atoms with Gasteiger partial charge in [-0.25, -0.2) is 4.39 Å². The summed E-state index contributed by atoms with van der Waals surface area (Å²) in [6.07, 6.45) is 6.80. The van der Waals surface area contributed by atoms with Crippen LogP contribution in [0.2, 0.25) is 0 Å². The molecule has 1 nitrogen and oxygen atoms in total. The van der Waals surface area contributed by atoms with Crippen molar-refractivity contribution in [2.75, 3.05) is 6.54 Å². The average molecular weight is 235 g/mol. The summed E-state index contributed by atoms with van der Waals surface area (Å²) < 4.78 is 13.5. The summed E-state index contributed by atoms with van der Waals surface area (Å²) in [6.45, 7) is 3.03. The molecule has 0 radical (unpaired) electrons. The van der Waals surface area contributed by atoms with Gasteiger partial charge in [-0.15, -0.1) is 0 Å². The van der Waals surface area contributed by atoms with Crippen LogP contribution in [-0.2, 0) is 0 Å².